The van der Waals surface area contributed by atoms with Crippen LogP contribution in [0.15, 0.2) is 28.7 Å². The van der Waals surface area contributed by atoms with Crippen LogP contribution in [0.2, 0.25) is 0 Å². The number of halogens is 1. The number of nitrogens with one attached hydrogen (secondary N) is 1. The molecular formula is C14H22BrNO2. The lowest BCUT2D eigenvalue weighted by Crippen LogP contribution is -2.24. The second kappa shape index (κ2) is 9.50. The lowest BCUT2D eigenvalue weighted by Gasteiger charge is -2.17. The fraction of sp³-hybridized carbons (Fsp3) is 0.571. The van der Waals surface area contributed by atoms with Crippen LogP contribution < -0.4 is 5.32 Å². The van der Waals surface area contributed by atoms with E-state index in [0.717, 1.165) is 24.0 Å². The fourth-order valence-electron chi connectivity index (χ4n) is 1.64. The molecule has 1 aromatic rings. The van der Waals surface area contributed by atoms with Gasteiger partial charge in [-0.3, -0.25) is 0 Å². The molecule has 0 fully saturated rings. The first kappa shape index (κ1) is 15.6. The van der Waals surface area contributed by atoms with E-state index in [1.165, 1.54) is 5.56 Å². The van der Waals surface area contributed by atoms with Gasteiger partial charge in [-0.2, -0.15) is 0 Å². The largest absolute Gasteiger partial charge is 0.353 e. The van der Waals surface area contributed by atoms with Gasteiger partial charge in [-0.15, -0.1) is 0 Å². The fourth-order valence-corrected chi connectivity index (χ4v) is 1.91. The predicted molar refractivity (Wildman–Crippen MR) is 77.5 cm³/mol. The molecule has 0 spiro atoms. The number of ether oxygens (including phenoxy) is 2. The maximum atomic E-state index is 5.48. The summed E-state index contributed by atoms with van der Waals surface area (Å²) in [5.41, 5.74) is 1.28. The van der Waals surface area contributed by atoms with E-state index in [-0.39, 0.29) is 6.29 Å². The first-order valence-electron chi connectivity index (χ1n) is 6.44. The first-order valence-corrected chi connectivity index (χ1v) is 7.24. The van der Waals surface area contributed by atoms with Gasteiger partial charge in [-0.05, 0) is 31.5 Å². The number of hydrogen-bond donors (Lipinski definition) is 1. The van der Waals surface area contributed by atoms with Crippen molar-refractivity contribution in [2.24, 2.45) is 0 Å². The van der Waals surface area contributed by atoms with Gasteiger partial charge < -0.3 is 14.8 Å². The van der Waals surface area contributed by atoms with Gasteiger partial charge in [0.15, 0.2) is 6.29 Å². The summed E-state index contributed by atoms with van der Waals surface area (Å²) in [6, 6.07) is 8.33. The summed E-state index contributed by atoms with van der Waals surface area (Å²) in [5.74, 6) is 0. The van der Waals surface area contributed by atoms with Gasteiger partial charge in [0.25, 0.3) is 0 Å². The molecule has 102 valence electrons. The normalized spacial score (nSPS) is 11.1. The standard InChI is InChI=1S/C14H22BrNO2/c1-3-17-14(18-4-2)9-10-16-11-12-5-7-13(15)8-6-12/h5-8,14,16H,3-4,9-11H2,1-2H3. The Morgan fingerprint density at radius 2 is 1.72 bits per heavy atom. The molecule has 0 aromatic heterocycles. The molecule has 0 saturated carbocycles. The maximum absolute atomic E-state index is 5.48. The van der Waals surface area contributed by atoms with Gasteiger partial charge in [0.05, 0.1) is 0 Å². The SMILES string of the molecule is CCOC(CCNCc1ccc(Br)cc1)OCC. The zero-order valence-electron chi connectivity index (χ0n) is 11.1. The summed E-state index contributed by atoms with van der Waals surface area (Å²) in [5, 5.41) is 3.39. The van der Waals surface area contributed by atoms with Gasteiger partial charge in [-0.1, -0.05) is 28.1 Å². The van der Waals surface area contributed by atoms with Gasteiger partial charge in [0, 0.05) is 37.2 Å². The molecule has 3 nitrogen and oxygen atoms in total. The van der Waals surface area contributed by atoms with Crippen molar-refractivity contribution < 1.29 is 9.47 Å². The van der Waals surface area contributed by atoms with E-state index in [1.54, 1.807) is 0 Å². The summed E-state index contributed by atoms with van der Waals surface area (Å²) in [6.45, 7) is 7.12. The van der Waals surface area contributed by atoms with Gasteiger partial charge in [0.1, 0.15) is 0 Å². The predicted octanol–water partition coefficient (Wildman–Crippen LogP) is 3.33. The Bertz CT molecular complexity index is 310. The molecule has 0 unspecified atom stereocenters. The van der Waals surface area contributed by atoms with E-state index in [4.69, 9.17) is 9.47 Å². The molecule has 0 radical (unpaired) electrons. The number of rotatable bonds is 9. The van der Waals surface area contributed by atoms with E-state index < -0.39 is 0 Å². The van der Waals surface area contributed by atoms with Crippen molar-refractivity contribution in [2.75, 3.05) is 19.8 Å². The lowest BCUT2D eigenvalue weighted by molar-refractivity contribution is -0.138. The van der Waals surface area contributed by atoms with Crippen LogP contribution in [0.1, 0.15) is 25.8 Å². The first-order chi connectivity index (χ1) is 8.76. The highest BCUT2D eigenvalue weighted by atomic mass is 79.9. The molecule has 1 rings (SSSR count). The Hall–Kier alpha value is -0.420. The second-order valence-corrected chi connectivity index (χ2v) is 4.85. The summed E-state index contributed by atoms with van der Waals surface area (Å²) < 4.78 is 12.1. The van der Waals surface area contributed by atoms with E-state index >= 15 is 0 Å². The van der Waals surface area contributed by atoms with Crippen molar-refractivity contribution in [1.82, 2.24) is 5.32 Å². The highest BCUT2D eigenvalue weighted by Crippen LogP contribution is 2.10. The molecule has 0 aliphatic carbocycles. The third kappa shape index (κ3) is 6.50. The number of benzene rings is 1. The van der Waals surface area contributed by atoms with Crippen molar-refractivity contribution in [1.29, 1.82) is 0 Å². The Labute approximate surface area is 118 Å². The van der Waals surface area contributed by atoms with Crippen LogP contribution in [-0.2, 0) is 16.0 Å². The topological polar surface area (TPSA) is 30.5 Å². The third-order valence-electron chi connectivity index (χ3n) is 2.50. The Balaban J connectivity index is 2.18. The molecule has 0 saturated heterocycles. The van der Waals surface area contributed by atoms with E-state index in [1.807, 2.05) is 13.8 Å². The van der Waals surface area contributed by atoms with Crippen molar-refractivity contribution in [3.8, 4) is 0 Å². The molecule has 18 heavy (non-hydrogen) atoms. The van der Waals surface area contributed by atoms with Crippen LogP contribution >= 0.6 is 15.9 Å². The third-order valence-corrected chi connectivity index (χ3v) is 3.03. The van der Waals surface area contributed by atoms with Crippen LogP contribution in [0.25, 0.3) is 0 Å². The molecule has 0 heterocycles. The molecule has 0 aliphatic rings. The smallest absolute Gasteiger partial charge is 0.158 e. The zero-order valence-corrected chi connectivity index (χ0v) is 12.7. The van der Waals surface area contributed by atoms with E-state index in [0.29, 0.717) is 13.2 Å². The summed E-state index contributed by atoms with van der Waals surface area (Å²) >= 11 is 3.43. The van der Waals surface area contributed by atoms with Crippen LogP contribution in [-0.4, -0.2) is 26.0 Å². The van der Waals surface area contributed by atoms with Gasteiger partial charge >= 0.3 is 0 Å². The highest BCUT2D eigenvalue weighted by Gasteiger charge is 2.06. The highest BCUT2D eigenvalue weighted by molar-refractivity contribution is 9.10. The summed E-state index contributed by atoms with van der Waals surface area (Å²) in [6.07, 6.45) is 0.787. The van der Waals surface area contributed by atoms with Crippen molar-refractivity contribution in [3.05, 3.63) is 34.3 Å². The van der Waals surface area contributed by atoms with E-state index in [2.05, 4.69) is 45.5 Å². The monoisotopic (exact) mass is 315 g/mol. The minimum absolute atomic E-state index is 0.0857. The average molecular weight is 316 g/mol. The quantitative estimate of drug-likeness (QED) is 0.560. The van der Waals surface area contributed by atoms with Crippen LogP contribution in [0.3, 0.4) is 0 Å². The molecule has 1 N–H and O–H groups in total. The minimum Gasteiger partial charge on any atom is -0.353 e. The van der Waals surface area contributed by atoms with Crippen LogP contribution in [0.5, 0.6) is 0 Å². The maximum Gasteiger partial charge on any atom is 0.158 e. The summed E-state index contributed by atoms with van der Waals surface area (Å²) in [4.78, 5) is 0. The van der Waals surface area contributed by atoms with Crippen molar-refractivity contribution in [3.63, 3.8) is 0 Å². The Morgan fingerprint density at radius 1 is 1.11 bits per heavy atom. The molecule has 4 heteroatoms. The summed E-state index contributed by atoms with van der Waals surface area (Å²) in [7, 11) is 0. The second-order valence-electron chi connectivity index (χ2n) is 3.93. The van der Waals surface area contributed by atoms with Gasteiger partial charge in [0.2, 0.25) is 0 Å². The van der Waals surface area contributed by atoms with Crippen LogP contribution in [0.4, 0.5) is 0 Å². The van der Waals surface area contributed by atoms with Crippen molar-refractivity contribution in [2.45, 2.75) is 33.1 Å². The molecule has 0 aliphatic heterocycles. The Morgan fingerprint density at radius 3 is 2.28 bits per heavy atom. The van der Waals surface area contributed by atoms with Crippen molar-refractivity contribution >= 4 is 15.9 Å². The lowest BCUT2D eigenvalue weighted by atomic mass is 10.2. The molecule has 0 bridgehead atoms. The molecule has 0 atom stereocenters. The molecular weight excluding hydrogens is 294 g/mol. The molecule has 0 amide bonds. The molecule has 1 aromatic carbocycles. The minimum atomic E-state index is -0.0857. The zero-order chi connectivity index (χ0) is 13.2. The Kier molecular flexibility index (Phi) is 8.25. The van der Waals surface area contributed by atoms with Crippen LogP contribution in [0, 0.1) is 0 Å². The van der Waals surface area contributed by atoms with Gasteiger partial charge in [-0.25, -0.2) is 0 Å². The average Bonchev–Trinajstić information content (AvgIpc) is 2.37. The number of hydrogen-bond acceptors (Lipinski definition) is 3. The van der Waals surface area contributed by atoms with E-state index in [9.17, 15) is 0 Å².